The molecule has 0 heterocycles. The van der Waals surface area contributed by atoms with Gasteiger partial charge >= 0.3 is 5.97 Å². The number of nitrogens with one attached hydrogen (secondary N) is 1. The number of carbonyl (C=O) groups excluding carboxylic acids is 2. The van der Waals surface area contributed by atoms with Crippen LogP contribution in [0.25, 0.3) is 0 Å². The van der Waals surface area contributed by atoms with Crippen LogP contribution in [0.15, 0.2) is 12.1 Å². The molecule has 1 aromatic carbocycles. The quantitative estimate of drug-likeness (QED) is 0.750. The van der Waals surface area contributed by atoms with Crippen LogP contribution in [0.4, 0.5) is 5.69 Å². The zero-order valence-electron chi connectivity index (χ0n) is 16.0. The third-order valence-corrected chi connectivity index (χ3v) is 5.08. The molecule has 4 nitrogen and oxygen atoms in total. The lowest BCUT2D eigenvalue weighted by Gasteiger charge is -2.21. The zero-order valence-corrected chi connectivity index (χ0v) is 16.0. The van der Waals surface area contributed by atoms with Gasteiger partial charge in [0.2, 0.25) is 0 Å². The van der Waals surface area contributed by atoms with E-state index < -0.39 is 6.10 Å². The summed E-state index contributed by atoms with van der Waals surface area (Å²) >= 11 is 0. The lowest BCUT2D eigenvalue weighted by Crippen LogP contribution is -2.30. The van der Waals surface area contributed by atoms with Crippen LogP contribution in [0.2, 0.25) is 0 Å². The van der Waals surface area contributed by atoms with Crippen molar-refractivity contribution in [3.05, 3.63) is 28.8 Å². The van der Waals surface area contributed by atoms with Crippen molar-refractivity contribution in [2.75, 3.05) is 5.32 Å². The van der Waals surface area contributed by atoms with Gasteiger partial charge in [0, 0.05) is 12.1 Å². The molecule has 1 fully saturated rings. The number of aryl methyl sites for hydroxylation is 3. The highest BCUT2D eigenvalue weighted by molar-refractivity contribution is 5.96. The number of anilines is 1. The standard InChI is InChI=1S/C21H31NO3/c1-14-12-15(2)20(16(3)13-14)22-21(24)17(4)25-19(23)11-10-18-8-6-5-7-9-18/h12-13,17-18H,5-11H2,1-4H3,(H,22,24). The van der Waals surface area contributed by atoms with E-state index in [4.69, 9.17) is 4.74 Å². The van der Waals surface area contributed by atoms with Crippen molar-refractivity contribution in [2.24, 2.45) is 5.92 Å². The van der Waals surface area contributed by atoms with Crippen molar-refractivity contribution in [3.8, 4) is 0 Å². The third-order valence-electron chi connectivity index (χ3n) is 5.08. The fraction of sp³-hybridized carbons (Fsp3) is 0.619. The van der Waals surface area contributed by atoms with Crippen LogP contribution in [-0.2, 0) is 14.3 Å². The SMILES string of the molecule is Cc1cc(C)c(NC(=O)C(C)OC(=O)CCC2CCCCC2)c(C)c1. The minimum atomic E-state index is -0.779. The number of ether oxygens (including phenoxy) is 1. The first kappa shape index (κ1) is 19.5. The number of hydrogen-bond donors (Lipinski definition) is 1. The van der Waals surface area contributed by atoms with Crippen LogP contribution < -0.4 is 5.32 Å². The largest absolute Gasteiger partial charge is 0.453 e. The molecule has 138 valence electrons. The lowest BCUT2D eigenvalue weighted by atomic mass is 9.86. The summed E-state index contributed by atoms with van der Waals surface area (Å²) in [6.45, 7) is 7.60. The summed E-state index contributed by atoms with van der Waals surface area (Å²) in [5, 5.41) is 2.90. The molecule has 0 saturated heterocycles. The van der Waals surface area contributed by atoms with Crippen LogP contribution in [0.1, 0.15) is 68.6 Å². The van der Waals surface area contributed by atoms with Crippen molar-refractivity contribution >= 4 is 17.6 Å². The van der Waals surface area contributed by atoms with Gasteiger partial charge in [0.1, 0.15) is 0 Å². The van der Waals surface area contributed by atoms with Gasteiger partial charge in [-0.3, -0.25) is 9.59 Å². The Kier molecular flexibility index (Phi) is 7.03. The van der Waals surface area contributed by atoms with E-state index in [0.717, 1.165) is 28.8 Å². The monoisotopic (exact) mass is 345 g/mol. The minimum Gasteiger partial charge on any atom is -0.453 e. The van der Waals surface area contributed by atoms with E-state index in [1.807, 2.05) is 32.9 Å². The summed E-state index contributed by atoms with van der Waals surface area (Å²) in [6.07, 6.45) is 6.80. The lowest BCUT2D eigenvalue weighted by molar-refractivity contribution is -0.153. The van der Waals surface area contributed by atoms with E-state index in [0.29, 0.717) is 12.3 Å². The Hall–Kier alpha value is -1.84. The molecule has 0 aliphatic heterocycles. The normalized spacial score (nSPS) is 16.3. The molecule has 1 aliphatic rings. The van der Waals surface area contributed by atoms with Gasteiger partial charge in [-0.25, -0.2) is 0 Å². The summed E-state index contributed by atoms with van der Waals surface area (Å²) in [6, 6.07) is 4.06. The molecule has 2 rings (SSSR count). The average molecular weight is 345 g/mol. The highest BCUT2D eigenvalue weighted by Gasteiger charge is 2.21. The van der Waals surface area contributed by atoms with Gasteiger partial charge in [0.25, 0.3) is 5.91 Å². The van der Waals surface area contributed by atoms with Gasteiger partial charge in [-0.05, 0) is 51.2 Å². The highest BCUT2D eigenvalue weighted by atomic mass is 16.5. The fourth-order valence-corrected chi connectivity index (χ4v) is 3.71. The van der Waals surface area contributed by atoms with Gasteiger partial charge in [0.05, 0.1) is 0 Å². The van der Waals surface area contributed by atoms with Gasteiger partial charge in [-0.15, -0.1) is 0 Å². The maximum absolute atomic E-state index is 12.4. The molecule has 1 aromatic rings. The van der Waals surface area contributed by atoms with Crippen LogP contribution in [-0.4, -0.2) is 18.0 Å². The molecule has 0 radical (unpaired) electrons. The van der Waals surface area contributed by atoms with Crippen molar-refractivity contribution in [1.29, 1.82) is 0 Å². The van der Waals surface area contributed by atoms with E-state index in [2.05, 4.69) is 5.32 Å². The second kappa shape index (κ2) is 9.02. The van der Waals surface area contributed by atoms with E-state index >= 15 is 0 Å². The Bertz CT molecular complexity index is 595. The van der Waals surface area contributed by atoms with Crippen LogP contribution in [0.3, 0.4) is 0 Å². The summed E-state index contributed by atoms with van der Waals surface area (Å²) in [5.41, 5.74) is 4.00. The van der Waals surface area contributed by atoms with E-state index in [9.17, 15) is 9.59 Å². The van der Waals surface area contributed by atoms with Crippen molar-refractivity contribution in [2.45, 2.75) is 78.7 Å². The average Bonchev–Trinajstić information content (AvgIpc) is 2.57. The smallest absolute Gasteiger partial charge is 0.306 e. The summed E-state index contributed by atoms with van der Waals surface area (Å²) in [4.78, 5) is 24.4. The topological polar surface area (TPSA) is 55.4 Å². The third kappa shape index (κ3) is 5.87. The predicted octanol–water partition coefficient (Wildman–Crippen LogP) is 4.84. The van der Waals surface area contributed by atoms with Crippen LogP contribution in [0, 0.1) is 26.7 Å². The predicted molar refractivity (Wildman–Crippen MR) is 101 cm³/mol. The van der Waals surface area contributed by atoms with Gasteiger partial charge in [0.15, 0.2) is 6.10 Å². The second-order valence-electron chi connectivity index (χ2n) is 7.44. The molecule has 25 heavy (non-hydrogen) atoms. The van der Waals surface area contributed by atoms with Gasteiger partial charge in [-0.2, -0.15) is 0 Å². The van der Waals surface area contributed by atoms with Crippen molar-refractivity contribution < 1.29 is 14.3 Å². The molecule has 1 saturated carbocycles. The fourth-order valence-electron chi connectivity index (χ4n) is 3.71. The molecule has 0 spiro atoms. The zero-order chi connectivity index (χ0) is 18.4. The van der Waals surface area contributed by atoms with Gasteiger partial charge in [-0.1, -0.05) is 49.8 Å². The molecule has 1 atom stereocenters. The number of benzene rings is 1. The molecular weight excluding hydrogens is 314 g/mol. The summed E-state index contributed by atoms with van der Waals surface area (Å²) in [7, 11) is 0. The Morgan fingerprint density at radius 3 is 2.32 bits per heavy atom. The molecule has 1 unspecified atom stereocenters. The number of esters is 1. The Morgan fingerprint density at radius 1 is 1.12 bits per heavy atom. The molecule has 0 bridgehead atoms. The molecule has 1 N–H and O–H groups in total. The van der Waals surface area contributed by atoms with E-state index in [1.165, 1.54) is 32.1 Å². The Labute approximate surface area is 151 Å². The van der Waals surface area contributed by atoms with E-state index in [-0.39, 0.29) is 11.9 Å². The minimum absolute atomic E-state index is 0.273. The number of amides is 1. The number of hydrogen-bond acceptors (Lipinski definition) is 3. The highest BCUT2D eigenvalue weighted by Crippen LogP contribution is 2.27. The van der Waals surface area contributed by atoms with Crippen LogP contribution >= 0.6 is 0 Å². The number of rotatable bonds is 6. The number of carbonyl (C=O) groups is 2. The summed E-state index contributed by atoms with van der Waals surface area (Å²) in [5.74, 6) is 0.0925. The van der Waals surface area contributed by atoms with Gasteiger partial charge < -0.3 is 10.1 Å². The maximum Gasteiger partial charge on any atom is 0.306 e. The summed E-state index contributed by atoms with van der Waals surface area (Å²) < 4.78 is 5.33. The van der Waals surface area contributed by atoms with E-state index in [1.54, 1.807) is 6.92 Å². The second-order valence-corrected chi connectivity index (χ2v) is 7.44. The molecule has 4 heteroatoms. The van der Waals surface area contributed by atoms with Crippen molar-refractivity contribution in [3.63, 3.8) is 0 Å². The molecular formula is C21H31NO3. The maximum atomic E-state index is 12.4. The Morgan fingerprint density at radius 2 is 1.72 bits per heavy atom. The first-order valence-corrected chi connectivity index (χ1v) is 9.45. The first-order chi connectivity index (χ1) is 11.9. The molecule has 1 aliphatic carbocycles. The molecule has 0 aromatic heterocycles. The molecule has 1 amide bonds. The van der Waals surface area contributed by atoms with Crippen LogP contribution in [0.5, 0.6) is 0 Å². The van der Waals surface area contributed by atoms with Crippen molar-refractivity contribution in [1.82, 2.24) is 0 Å². The first-order valence-electron chi connectivity index (χ1n) is 9.45. The Balaban J connectivity index is 1.82.